The van der Waals surface area contributed by atoms with Crippen molar-refractivity contribution >= 4 is 37.7 Å². The minimum atomic E-state index is 0.805. The Morgan fingerprint density at radius 3 is 2.67 bits per heavy atom. The summed E-state index contributed by atoms with van der Waals surface area (Å²) in [5, 5.41) is 3.40. The van der Waals surface area contributed by atoms with Gasteiger partial charge in [0.25, 0.3) is 0 Å². The third-order valence-corrected chi connectivity index (χ3v) is 5.58. The highest BCUT2D eigenvalue weighted by molar-refractivity contribution is 9.13. The summed E-state index contributed by atoms with van der Waals surface area (Å²) < 4.78 is 2.06. The fourth-order valence-electron chi connectivity index (χ4n) is 2.67. The van der Waals surface area contributed by atoms with Crippen LogP contribution in [0.3, 0.4) is 0 Å². The van der Waals surface area contributed by atoms with Crippen molar-refractivity contribution in [2.75, 3.05) is 11.9 Å². The van der Waals surface area contributed by atoms with Gasteiger partial charge in [0.2, 0.25) is 0 Å². The monoisotopic (exact) mass is 409 g/mol. The number of aromatic nitrogens is 2. The van der Waals surface area contributed by atoms with Crippen LogP contribution in [-0.2, 0) is 12.8 Å². The molecule has 0 saturated carbocycles. The van der Waals surface area contributed by atoms with Gasteiger partial charge in [-0.3, -0.25) is 0 Å². The predicted octanol–water partition coefficient (Wildman–Crippen LogP) is 4.98. The van der Waals surface area contributed by atoms with Gasteiger partial charge in [-0.15, -0.1) is 0 Å². The van der Waals surface area contributed by atoms with Crippen LogP contribution >= 0.6 is 31.9 Å². The molecular formula is C16H17Br2N3. The van der Waals surface area contributed by atoms with Gasteiger partial charge in [-0.1, -0.05) is 0 Å². The second kappa shape index (κ2) is 6.44. The average molecular weight is 411 g/mol. The van der Waals surface area contributed by atoms with E-state index in [1.165, 1.54) is 24.1 Å². The maximum absolute atomic E-state index is 4.81. The van der Waals surface area contributed by atoms with Crippen molar-refractivity contribution in [1.29, 1.82) is 0 Å². The van der Waals surface area contributed by atoms with E-state index in [0.717, 1.165) is 45.5 Å². The van der Waals surface area contributed by atoms with Gasteiger partial charge in [0.1, 0.15) is 5.82 Å². The molecule has 0 atom stereocenters. The Morgan fingerprint density at radius 2 is 1.90 bits per heavy atom. The van der Waals surface area contributed by atoms with Crippen molar-refractivity contribution in [1.82, 2.24) is 9.97 Å². The van der Waals surface area contributed by atoms with Crippen molar-refractivity contribution < 1.29 is 0 Å². The molecule has 0 fully saturated rings. The zero-order valence-electron chi connectivity index (χ0n) is 11.9. The van der Waals surface area contributed by atoms with Crippen LogP contribution < -0.4 is 5.32 Å². The molecule has 0 radical (unpaired) electrons. The number of halogens is 2. The number of aryl methyl sites for hydroxylation is 1. The Kier molecular flexibility index (Phi) is 4.60. The summed E-state index contributed by atoms with van der Waals surface area (Å²) in [6, 6.07) is 6.13. The molecule has 1 heterocycles. The van der Waals surface area contributed by atoms with E-state index in [-0.39, 0.29) is 0 Å². The van der Waals surface area contributed by atoms with Crippen LogP contribution in [0.4, 0.5) is 5.82 Å². The maximum atomic E-state index is 4.81. The third kappa shape index (κ3) is 3.14. The predicted molar refractivity (Wildman–Crippen MR) is 93.7 cm³/mol. The Labute approximate surface area is 141 Å². The van der Waals surface area contributed by atoms with E-state index in [0.29, 0.717) is 0 Å². The molecule has 1 aliphatic rings. The van der Waals surface area contributed by atoms with Gasteiger partial charge in [0.05, 0.1) is 0 Å². The van der Waals surface area contributed by atoms with Crippen LogP contribution in [0, 0.1) is 0 Å². The van der Waals surface area contributed by atoms with E-state index in [1.807, 2.05) is 6.07 Å². The molecule has 2 aromatic rings. The van der Waals surface area contributed by atoms with E-state index in [9.17, 15) is 0 Å². The largest absolute Gasteiger partial charge is 0.370 e. The van der Waals surface area contributed by atoms with Crippen LogP contribution in [0.5, 0.6) is 0 Å². The van der Waals surface area contributed by atoms with Crippen molar-refractivity contribution in [3.8, 4) is 11.4 Å². The van der Waals surface area contributed by atoms with Gasteiger partial charge in [-0.05, 0) is 82.7 Å². The first kappa shape index (κ1) is 15.0. The van der Waals surface area contributed by atoms with Gasteiger partial charge in [-0.25, -0.2) is 9.97 Å². The highest BCUT2D eigenvalue weighted by Gasteiger charge is 2.18. The quantitative estimate of drug-likeness (QED) is 0.775. The topological polar surface area (TPSA) is 37.8 Å². The van der Waals surface area contributed by atoms with E-state index in [4.69, 9.17) is 9.97 Å². The lowest BCUT2D eigenvalue weighted by Crippen LogP contribution is -2.13. The van der Waals surface area contributed by atoms with Crippen LogP contribution in [0.1, 0.15) is 31.0 Å². The lowest BCUT2D eigenvalue weighted by molar-refractivity contribution is 0.665. The van der Waals surface area contributed by atoms with Crippen molar-refractivity contribution in [2.24, 2.45) is 0 Å². The van der Waals surface area contributed by atoms with E-state index in [2.05, 4.69) is 56.2 Å². The summed E-state index contributed by atoms with van der Waals surface area (Å²) in [6.45, 7) is 2.99. The summed E-state index contributed by atoms with van der Waals surface area (Å²) >= 11 is 7.05. The van der Waals surface area contributed by atoms with Crippen molar-refractivity contribution in [3.05, 3.63) is 38.4 Å². The first-order chi connectivity index (χ1) is 10.2. The van der Waals surface area contributed by atoms with Crippen molar-refractivity contribution in [3.63, 3.8) is 0 Å². The number of rotatable bonds is 3. The molecule has 1 aromatic heterocycles. The highest BCUT2D eigenvalue weighted by atomic mass is 79.9. The summed E-state index contributed by atoms with van der Waals surface area (Å²) in [4.78, 5) is 9.57. The molecule has 3 rings (SSSR count). The molecule has 0 unspecified atom stereocenters. The Bertz CT molecular complexity index is 671. The molecule has 5 heteroatoms. The van der Waals surface area contributed by atoms with Gasteiger partial charge < -0.3 is 5.32 Å². The zero-order chi connectivity index (χ0) is 14.8. The average Bonchev–Trinajstić information content (AvgIpc) is 2.50. The lowest BCUT2D eigenvalue weighted by Gasteiger charge is -2.19. The van der Waals surface area contributed by atoms with E-state index in [1.54, 1.807) is 0 Å². The molecule has 1 N–H and O–H groups in total. The van der Waals surface area contributed by atoms with E-state index >= 15 is 0 Å². The number of benzene rings is 1. The zero-order valence-corrected chi connectivity index (χ0v) is 15.1. The second-order valence-electron chi connectivity index (χ2n) is 5.19. The van der Waals surface area contributed by atoms with Crippen LogP contribution in [0.25, 0.3) is 11.4 Å². The Hall–Kier alpha value is -0.940. The fraction of sp³-hybridized carbons (Fsp3) is 0.375. The third-order valence-electron chi connectivity index (χ3n) is 3.71. The molecular weight excluding hydrogens is 394 g/mol. The normalized spacial score (nSPS) is 13.9. The minimum Gasteiger partial charge on any atom is -0.370 e. The van der Waals surface area contributed by atoms with Crippen LogP contribution in [0.2, 0.25) is 0 Å². The maximum Gasteiger partial charge on any atom is 0.161 e. The van der Waals surface area contributed by atoms with Gasteiger partial charge in [-0.2, -0.15) is 0 Å². The lowest BCUT2D eigenvalue weighted by atomic mass is 9.96. The standard InChI is InChI=1S/C16H17Br2N3/c1-2-19-16-11-5-3-4-6-14(11)20-15(21-16)10-7-8-12(17)13(18)9-10/h7-9H,2-6H2,1H3,(H,19,20,21). The summed E-state index contributed by atoms with van der Waals surface area (Å²) in [6.07, 6.45) is 4.60. The van der Waals surface area contributed by atoms with Gasteiger partial charge >= 0.3 is 0 Å². The van der Waals surface area contributed by atoms with Gasteiger partial charge in [0, 0.05) is 32.3 Å². The molecule has 1 aromatic carbocycles. The summed E-state index contributed by atoms with van der Waals surface area (Å²) in [7, 11) is 0. The molecule has 0 bridgehead atoms. The number of hydrogen-bond acceptors (Lipinski definition) is 3. The van der Waals surface area contributed by atoms with Crippen LogP contribution in [0.15, 0.2) is 27.1 Å². The second-order valence-corrected chi connectivity index (χ2v) is 6.90. The first-order valence-electron chi connectivity index (χ1n) is 7.28. The first-order valence-corrected chi connectivity index (χ1v) is 8.86. The summed E-state index contributed by atoms with van der Waals surface area (Å²) in [5.74, 6) is 1.82. The molecule has 0 aliphatic heterocycles. The van der Waals surface area contributed by atoms with Crippen LogP contribution in [-0.4, -0.2) is 16.5 Å². The van der Waals surface area contributed by atoms with E-state index < -0.39 is 0 Å². The summed E-state index contributed by atoms with van der Waals surface area (Å²) in [5.41, 5.74) is 3.56. The van der Waals surface area contributed by atoms with Crippen molar-refractivity contribution in [2.45, 2.75) is 32.6 Å². The minimum absolute atomic E-state index is 0.805. The molecule has 21 heavy (non-hydrogen) atoms. The molecule has 0 amide bonds. The SMILES string of the molecule is CCNc1nc(-c2ccc(Br)c(Br)c2)nc2c1CCCC2. The number of nitrogens with one attached hydrogen (secondary N) is 1. The smallest absolute Gasteiger partial charge is 0.161 e. The Balaban J connectivity index is 2.09. The highest BCUT2D eigenvalue weighted by Crippen LogP contribution is 2.31. The van der Waals surface area contributed by atoms with Gasteiger partial charge in [0.15, 0.2) is 5.82 Å². The molecule has 1 aliphatic carbocycles. The molecule has 110 valence electrons. The number of hydrogen-bond donors (Lipinski definition) is 1. The number of nitrogens with zero attached hydrogens (tertiary/aromatic N) is 2. The Morgan fingerprint density at radius 1 is 1.10 bits per heavy atom. The molecule has 0 saturated heterocycles. The number of anilines is 1. The fourth-order valence-corrected chi connectivity index (χ4v) is 3.30. The molecule has 3 nitrogen and oxygen atoms in total. The number of fused-ring (bicyclic) bond motifs is 1. The molecule has 0 spiro atoms.